The van der Waals surface area contributed by atoms with Gasteiger partial charge in [0, 0.05) is 33.5 Å². The molecule has 6 heteroatoms. The second kappa shape index (κ2) is 30.3. The monoisotopic (exact) mass is 1560 g/mol. The van der Waals surface area contributed by atoms with Gasteiger partial charge in [-0.05, 0) is 196 Å². The molecule has 2 aliphatic heterocycles. The van der Waals surface area contributed by atoms with E-state index >= 15 is 0 Å². The van der Waals surface area contributed by atoms with Crippen LogP contribution in [0, 0.1) is 0 Å². The van der Waals surface area contributed by atoms with E-state index in [-0.39, 0.29) is 30.9 Å². The molecule has 0 spiro atoms. The SMILES string of the molecule is [2H]c1c([2H])c(-c2ccccc2)c([2H])c([Si](c2ccccc2)(c2ccccc2)c2cc(-c3cc4c5c(c3)N(c3cc(-c6ccccc6)cc(-c6ccccc6)c3)c3cc(-n6c7ccccc7c7ccccc76)ccc3B5c3cc(-c5ccccc5)ccc3O4)cc([Si](c3ccccc3)(c3ccccc3)c3ccc(-c4ccccc4)c(-c4ccccc4)c3)c2)c1[2H]. The van der Waals surface area contributed by atoms with Crippen LogP contribution in [-0.2, 0) is 0 Å². The molecule has 562 valence electrons. The van der Waals surface area contributed by atoms with Crippen LogP contribution in [0.3, 0.4) is 0 Å². The second-order valence-electron chi connectivity index (χ2n) is 31.4. The third kappa shape index (κ3) is 12.3. The minimum atomic E-state index is -4.30. The Morgan fingerprint density at radius 3 is 1.19 bits per heavy atom. The Labute approximate surface area is 708 Å². The van der Waals surface area contributed by atoms with Crippen LogP contribution in [0.1, 0.15) is 5.48 Å². The number of nitrogens with zero attached hydrogens (tertiary/aromatic N) is 2. The van der Waals surface area contributed by atoms with Crippen LogP contribution in [0.15, 0.2) is 479 Å². The van der Waals surface area contributed by atoms with Crippen molar-refractivity contribution in [1.82, 2.24) is 4.57 Å². The highest BCUT2D eigenvalue weighted by atomic mass is 28.3. The minimum absolute atomic E-state index is 0.0519. The Morgan fingerprint density at radius 1 is 0.242 bits per heavy atom. The summed E-state index contributed by atoms with van der Waals surface area (Å²) >= 11 is 0. The molecule has 0 saturated carbocycles. The molecule has 0 radical (unpaired) electrons. The predicted octanol–water partition coefficient (Wildman–Crippen LogP) is 21.6. The van der Waals surface area contributed by atoms with Crippen molar-refractivity contribution in [3.05, 3.63) is 479 Å². The van der Waals surface area contributed by atoms with Gasteiger partial charge in [-0.3, -0.25) is 0 Å². The molecule has 19 aromatic carbocycles. The third-order valence-corrected chi connectivity index (χ3v) is 34.0. The molecule has 3 heterocycles. The highest BCUT2D eigenvalue weighted by Crippen LogP contribution is 2.47. The fourth-order valence-electron chi connectivity index (χ4n) is 19.4. The normalized spacial score (nSPS) is 12.7. The average molecular weight is 1560 g/mol. The number of rotatable bonds is 17. The maximum Gasteiger partial charge on any atom is 0.256 e. The van der Waals surface area contributed by atoms with Gasteiger partial charge in [-0.15, -0.1) is 0 Å². The molecule has 3 nitrogen and oxygen atoms in total. The van der Waals surface area contributed by atoms with Crippen molar-refractivity contribution in [2.24, 2.45) is 0 Å². The Kier molecular flexibility index (Phi) is 17.0. The Morgan fingerprint density at radius 2 is 0.675 bits per heavy atom. The van der Waals surface area contributed by atoms with E-state index in [2.05, 4.69) is 422 Å². The van der Waals surface area contributed by atoms with Crippen LogP contribution in [0.5, 0.6) is 11.5 Å². The van der Waals surface area contributed by atoms with Crippen LogP contribution < -0.4 is 67.5 Å². The maximum absolute atomic E-state index is 11.2. The van der Waals surface area contributed by atoms with Gasteiger partial charge in [-0.25, -0.2) is 0 Å². The minimum Gasteiger partial charge on any atom is -0.458 e. The Bertz CT molecular complexity index is 7290. The molecule has 0 fully saturated rings. The zero-order chi connectivity index (χ0) is 83.0. The lowest BCUT2D eigenvalue weighted by Gasteiger charge is -2.41. The van der Waals surface area contributed by atoms with Gasteiger partial charge in [-0.2, -0.15) is 0 Å². The summed E-state index contributed by atoms with van der Waals surface area (Å²) in [6, 6.07) is 164. The lowest BCUT2D eigenvalue weighted by Crippen LogP contribution is -2.78. The summed E-state index contributed by atoms with van der Waals surface area (Å²) in [5, 5.41) is 10.00. The standard InChI is InChI=1S/C114H79BN2OSi2/c1-11-36-80(37-12-1)86-48-35-57-98(71-86)119(94-49-23-7-24-50-94,95-51-25-8-26-52-95)100-72-90(73-101(78-100)120(96-53-27-9-28-54-96,97-55-29-10-30-56-97)99-64-65-102(84-44-19-5-20-45-84)105(79-99)85-46-21-6-22-47-85)91-75-111-114-113(76-91)118-112-67-62-87(81-38-13-2-14-39-81)74-107(112)115(114)106-66-63-92(116-108-60-33-31-58-103(108)104-59-32-34-61-109(104)116)77-110(106)117(111)93-69-88(82-40-15-3-16-41-82)68-89(70-93)83-42-17-4-18-43-83/h1-79H/i35D,48D,57D,71D. The number of aromatic nitrogens is 1. The van der Waals surface area contributed by atoms with Gasteiger partial charge in [0.05, 0.1) is 16.5 Å². The molecule has 0 N–H and O–H groups in total. The summed E-state index contributed by atoms with van der Waals surface area (Å²) in [4.78, 5) is 2.53. The highest BCUT2D eigenvalue weighted by molar-refractivity contribution is 7.22. The first kappa shape index (κ1) is 67.3. The van der Waals surface area contributed by atoms with E-state index in [4.69, 9.17) is 4.74 Å². The number of hydrogen-bond acceptors (Lipinski definition) is 2. The van der Waals surface area contributed by atoms with Crippen molar-refractivity contribution in [1.29, 1.82) is 0 Å². The fraction of sp³-hybridized carbons (Fsp3) is 0. The van der Waals surface area contributed by atoms with Gasteiger partial charge in [0.2, 0.25) is 0 Å². The van der Waals surface area contributed by atoms with E-state index in [0.717, 1.165) is 159 Å². The van der Waals surface area contributed by atoms with Gasteiger partial charge in [0.15, 0.2) is 16.1 Å². The summed E-state index contributed by atoms with van der Waals surface area (Å²) in [6.07, 6.45) is 0. The Balaban J connectivity index is 0.914. The van der Waals surface area contributed by atoms with E-state index in [1.807, 2.05) is 42.5 Å². The summed E-state index contributed by atoms with van der Waals surface area (Å²) < 4.78 is 52.6. The average Bonchev–Trinajstić information content (AvgIpc) is 0.725. The molecule has 0 amide bonds. The van der Waals surface area contributed by atoms with Crippen molar-refractivity contribution in [2.75, 3.05) is 4.90 Å². The number of anilines is 3. The predicted molar refractivity (Wildman–Crippen MR) is 512 cm³/mol. The molecule has 1 aromatic heterocycles. The first-order chi connectivity index (χ1) is 61.2. The Hall–Kier alpha value is -14.9. The van der Waals surface area contributed by atoms with Gasteiger partial charge >= 0.3 is 0 Å². The molecule has 22 rings (SSSR count). The molecular formula is C114H79BN2OSi2. The molecular weight excluding hydrogens is 1480 g/mol. The molecule has 0 aliphatic carbocycles. The molecule has 120 heavy (non-hydrogen) atoms. The van der Waals surface area contributed by atoms with E-state index in [0.29, 0.717) is 22.1 Å². The van der Waals surface area contributed by atoms with Gasteiger partial charge in [0.25, 0.3) is 6.71 Å². The van der Waals surface area contributed by atoms with Crippen LogP contribution in [-0.4, -0.2) is 27.4 Å². The number of para-hydroxylation sites is 2. The van der Waals surface area contributed by atoms with Crippen LogP contribution in [0.25, 0.3) is 105 Å². The smallest absolute Gasteiger partial charge is 0.256 e. The van der Waals surface area contributed by atoms with E-state index in [1.54, 1.807) is 0 Å². The summed E-state index contributed by atoms with van der Waals surface area (Å²) in [5.41, 5.74) is 22.9. The number of benzene rings is 19. The van der Waals surface area contributed by atoms with Crippen molar-refractivity contribution < 1.29 is 10.2 Å². The van der Waals surface area contributed by atoms with Gasteiger partial charge in [0.1, 0.15) is 11.5 Å². The van der Waals surface area contributed by atoms with E-state index in [1.165, 1.54) is 10.8 Å². The highest BCUT2D eigenvalue weighted by Gasteiger charge is 2.48. The number of hydrogen-bond donors (Lipinski definition) is 0. The van der Waals surface area contributed by atoms with Crippen LogP contribution in [0.4, 0.5) is 17.1 Å². The van der Waals surface area contributed by atoms with Gasteiger partial charge in [-0.1, -0.05) is 418 Å². The number of fused-ring (bicyclic) bond motifs is 7. The van der Waals surface area contributed by atoms with Crippen LogP contribution >= 0.6 is 0 Å². The molecule has 0 saturated heterocycles. The molecule has 0 atom stereocenters. The van der Waals surface area contributed by atoms with E-state index in [9.17, 15) is 5.48 Å². The number of ether oxygens (including phenoxy) is 1. The second-order valence-corrected chi connectivity index (χ2v) is 38.9. The largest absolute Gasteiger partial charge is 0.458 e. The topological polar surface area (TPSA) is 17.4 Å². The third-order valence-electron chi connectivity index (χ3n) is 24.7. The summed E-state index contributed by atoms with van der Waals surface area (Å²) in [7, 11) is -8.15. The fourth-order valence-corrected chi connectivity index (χ4v) is 28.9. The van der Waals surface area contributed by atoms with Gasteiger partial charge < -0.3 is 14.2 Å². The first-order valence-corrected chi connectivity index (χ1v) is 45.2. The first-order valence-electron chi connectivity index (χ1n) is 43.2. The lowest BCUT2D eigenvalue weighted by atomic mass is 9.34. The zero-order valence-corrected chi connectivity index (χ0v) is 67.7. The van der Waals surface area contributed by atoms with Crippen molar-refractivity contribution in [3.8, 4) is 95.1 Å². The summed E-state index contributed by atoms with van der Waals surface area (Å²) in [6.45, 7) is -0.355. The maximum atomic E-state index is 11.2. The van der Waals surface area contributed by atoms with E-state index < -0.39 is 16.1 Å². The van der Waals surface area contributed by atoms with Crippen molar-refractivity contribution >= 4 is 120 Å². The molecule has 20 aromatic rings. The zero-order valence-electron chi connectivity index (χ0n) is 69.7. The van der Waals surface area contributed by atoms with Crippen molar-refractivity contribution in [3.63, 3.8) is 0 Å². The molecule has 2 aliphatic rings. The molecule has 0 bridgehead atoms. The summed E-state index contributed by atoms with van der Waals surface area (Å²) in [5.74, 6) is 1.47. The lowest BCUT2D eigenvalue weighted by molar-refractivity contribution is 0.488. The van der Waals surface area contributed by atoms with Crippen LogP contribution in [0.2, 0.25) is 0 Å². The molecule has 0 unspecified atom stereocenters. The van der Waals surface area contributed by atoms with Crippen molar-refractivity contribution in [2.45, 2.75) is 0 Å². The quantitative estimate of drug-likeness (QED) is 0.0668.